The molecule has 0 atom stereocenters. The Morgan fingerprint density at radius 1 is 1.24 bits per heavy atom. The quantitative estimate of drug-likeness (QED) is 0.674. The van der Waals surface area contributed by atoms with Crippen LogP contribution in [-0.4, -0.2) is 42.6 Å². The highest BCUT2D eigenvalue weighted by molar-refractivity contribution is 5.80. The van der Waals surface area contributed by atoms with Crippen molar-refractivity contribution in [2.24, 2.45) is 5.92 Å². The number of hydrogen-bond acceptors (Lipinski definition) is 4. The molecule has 6 nitrogen and oxygen atoms in total. The highest BCUT2D eigenvalue weighted by Gasteiger charge is 2.26. The summed E-state index contributed by atoms with van der Waals surface area (Å²) in [5.41, 5.74) is 4.44. The van der Waals surface area contributed by atoms with Gasteiger partial charge in [-0.2, -0.15) is 0 Å². The van der Waals surface area contributed by atoms with Gasteiger partial charge in [0.15, 0.2) is 0 Å². The third-order valence-electron chi connectivity index (χ3n) is 5.64. The van der Waals surface area contributed by atoms with Gasteiger partial charge in [-0.05, 0) is 61.6 Å². The molecule has 1 saturated heterocycles. The number of H-pyrrole nitrogens is 1. The van der Waals surface area contributed by atoms with Gasteiger partial charge in [0.05, 0.1) is 18.1 Å². The molecule has 1 fully saturated rings. The normalized spacial score (nSPS) is 14.9. The Morgan fingerprint density at radius 3 is 2.86 bits per heavy atom. The lowest BCUT2D eigenvalue weighted by atomic mass is 9.96. The number of nitrogens with one attached hydrogen (secondary N) is 2. The van der Waals surface area contributed by atoms with Gasteiger partial charge in [0, 0.05) is 25.6 Å². The van der Waals surface area contributed by atoms with Crippen LogP contribution >= 0.6 is 0 Å². The molecule has 29 heavy (non-hydrogen) atoms. The number of carbonyl (C=O) groups excluding carboxylic acids is 1. The van der Waals surface area contributed by atoms with Crippen molar-refractivity contribution in [3.63, 3.8) is 0 Å². The average Bonchev–Trinajstić information content (AvgIpc) is 3.17. The number of rotatable bonds is 6. The summed E-state index contributed by atoms with van der Waals surface area (Å²) in [6.07, 6.45) is 2.50. The van der Waals surface area contributed by atoms with E-state index in [0.29, 0.717) is 6.54 Å². The van der Waals surface area contributed by atoms with Crippen molar-refractivity contribution in [2.45, 2.75) is 26.2 Å². The second kappa shape index (κ2) is 8.55. The van der Waals surface area contributed by atoms with E-state index in [9.17, 15) is 4.79 Å². The Morgan fingerprint density at radius 2 is 2.07 bits per heavy atom. The maximum Gasteiger partial charge on any atom is 0.223 e. The van der Waals surface area contributed by atoms with Crippen LogP contribution in [0.15, 0.2) is 42.5 Å². The van der Waals surface area contributed by atoms with E-state index in [1.54, 1.807) is 7.11 Å². The Bertz CT molecular complexity index is 989. The van der Waals surface area contributed by atoms with Crippen molar-refractivity contribution in [3.8, 4) is 5.75 Å². The van der Waals surface area contributed by atoms with Crippen LogP contribution in [0.5, 0.6) is 5.75 Å². The van der Waals surface area contributed by atoms with Crippen LogP contribution in [0.3, 0.4) is 0 Å². The number of carbonyl (C=O) groups is 1. The lowest BCUT2D eigenvalue weighted by molar-refractivity contribution is -0.125. The third-order valence-corrected chi connectivity index (χ3v) is 5.64. The number of benzene rings is 2. The van der Waals surface area contributed by atoms with E-state index in [1.807, 2.05) is 24.3 Å². The van der Waals surface area contributed by atoms with E-state index in [4.69, 9.17) is 9.72 Å². The highest BCUT2D eigenvalue weighted by atomic mass is 16.5. The molecule has 152 valence electrons. The molecular weight excluding hydrogens is 364 g/mol. The number of nitrogens with zero attached hydrogens (tertiary/aromatic N) is 2. The summed E-state index contributed by atoms with van der Waals surface area (Å²) in [7, 11) is 1.67. The molecule has 0 aliphatic carbocycles. The number of aryl methyl sites for hydroxylation is 1. The first kappa shape index (κ1) is 19.3. The van der Waals surface area contributed by atoms with Gasteiger partial charge in [-0.1, -0.05) is 18.2 Å². The molecule has 2 aromatic carbocycles. The predicted octanol–water partition coefficient (Wildman–Crippen LogP) is 3.46. The summed E-state index contributed by atoms with van der Waals surface area (Å²) in [4.78, 5) is 22.9. The number of imidazole rings is 1. The number of aromatic amines is 1. The Balaban J connectivity index is 1.26. The van der Waals surface area contributed by atoms with Gasteiger partial charge in [-0.25, -0.2) is 4.98 Å². The first-order valence-corrected chi connectivity index (χ1v) is 10.2. The summed E-state index contributed by atoms with van der Waals surface area (Å²) >= 11 is 0. The monoisotopic (exact) mass is 392 g/mol. The Kier molecular flexibility index (Phi) is 5.69. The van der Waals surface area contributed by atoms with Crippen LogP contribution in [0, 0.1) is 12.8 Å². The molecule has 2 N–H and O–H groups in total. The number of ether oxygens (including phenoxy) is 1. The summed E-state index contributed by atoms with van der Waals surface area (Å²) in [5, 5.41) is 3.10. The molecule has 1 aliphatic rings. The lowest BCUT2D eigenvalue weighted by Crippen LogP contribution is -2.41. The number of hydrogen-bond donors (Lipinski definition) is 2. The standard InChI is InChI=1S/C23H28N4O2/c1-16-6-7-20-21(14-16)26-23(25-20)27-12-9-18(10-13-27)22(28)24-11-8-17-4-3-5-19(15-17)29-2/h3-7,14-15,18H,8-13H2,1-2H3,(H,24,28)(H,25,26). The van der Waals surface area contributed by atoms with Gasteiger partial charge in [0.2, 0.25) is 11.9 Å². The molecule has 1 aliphatic heterocycles. The molecule has 1 amide bonds. The minimum absolute atomic E-state index is 0.0724. The highest BCUT2D eigenvalue weighted by Crippen LogP contribution is 2.24. The van der Waals surface area contributed by atoms with Crippen molar-refractivity contribution >= 4 is 22.9 Å². The molecule has 0 saturated carbocycles. The fraction of sp³-hybridized carbons (Fsp3) is 0.391. The number of anilines is 1. The zero-order chi connectivity index (χ0) is 20.2. The predicted molar refractivity (Wildman–Crippen MR) is 115 cm³/mol. The van der Waals surface area contributed by atoms with E-state index in [1.165, 1.54) is 11.1 Å². The summed E-state index contributed by atoms with van der Waals surface area (Å²) < 4.78 is 5.25. The summed E-state index contributed by atoms with van der Waals surface area (Å²) in [5.74, 6) is 1.99. The van der Waals surface area contributed by atoms with E-state index in [0.717, 1.165) is 55.1 Å². The topological polar surface area (TPSA) is 70.2 Å². The molecular formula is C23H28N4O2. The van der Waals surface area contributed by atoms with Crippen LogP contribution in [0.1, 0.15) is 24.0 Å². The first-order valence-electron chi connectivity index (χ1n) is 10.2. The van der Waals surface area contributed by atoms with Crippen molar-refractivity contribution < 1.29 is 9.53 Å². The summed E-state index contributed by atoms with van der Waals surface area (Å²) in [6.45, 7) is 4.41. The van der Waals surface area contributed by atoms with Crippen molar-refractivity contribution in [1.29, 1.82) is 0 Å². The maximum atomic E-state index is 12.6. The zero-order valence-corrected chi connectivity index (χ0v) is 17.1. The van der Waals surface area contributed by atoms with Crippen molar-refractivity contribution in [2.75, 3.05) is 31.6 Å². The SMILES string of the molecule is COc1cccc(CCNC(=O)C2CCN(c3nc4ccc(C)cc4[nH]3)CC2)c1. The second-order valence-corrected chi connectivity index (χ2v) is 7.73. The molecule has 2 heterocycles. The maximum absolute atomic E-state index is 12.6. The number of amides is 1. The van der Waals surface area contributed by atoms with Gasteiger partial charge < -0.3 is 19.9 Å². The first-order chi connectivity index (χ1) is 14.1. The second-order valence-electron chi connectivity index (χ2n) is 7.73. The molecule has 0 spiro atoms. The van der Waals surface area contributed by atoms with Crippen LogP contribution < -0.4 is 15.0 Å². The Labute approximate surface area is 171 Å². The van der Waals surface area contributed by atoms with Crippen molar-refractivity contribution in [3.05, 3.63) is 53.6 Å². The van der Waals surface area contributed by atoms with Gasteiger partial charge >= 0.3 is 0 Å². The number of methoxy groups -OCH3 is 1. The lowest BCUT2D eigenvalue weighted by Gasteiger charge is -2.31. The number of fused-ring (bicyclic) bond motifs is 1. The van der Waals surface area contributed by atoms with E-state index >= 15 is 0 Å². The molecule has 1 aromatic heterocycles. The van der Waals surface area contributed by atoms with Crippen LogP contribution in [-0.2, 0) is 11.2 Å². The van der Waals surface area contributed by atoms with Gasteiger partial charge in [-0.15, -0.1) is 0 Å². The van der Waals surface area contributed by atoms with Gasteiger partial charge in [0.1, 0.15) is 5.75 Å². The van der Waals surface area contributed by atoms with Crippen LogP contribution in [0.2, 0.25) is 0 Å². The molecule has 4 rings (SSSR count). The zero-order valence-electron chi connectivity index (χ0n) is 17.1. The van der Waals surface area contributed by atoms with E-state index in [2.05, 4.69) is 40.3 Å². The van der Waals surface area contributed by atoms with E-state index in [-0.39, 0.29) is 11.8 Å². The van der Waals surface area contributed by atoms with Crippen molar-refractivity contribution in [1.82, 2.24) is 15.3 Å². The fourth-order valence-corrected chi connectivity index (χ4v) is 3.92. The van der Waals surface area contributed by atoms with Crippen LogP contribution in [0.25, 0.3) is 11.0 Å². The average molecular weight is 393 g/mol. The van der Waals surface area contributed by atoms with Gasteiger partial charge in [0.25, 0.3) is 0 Å². The number of aromatic nitrogens is 2. The molecule has 0 radical (unpaired) electrons. The molecule has 3 aromatic rings. The summed E-state index contributed by atoms with van der Waals surface area (Å²) in [6, 6.07) is 14.2. The third kappa shape index (κ3) is 4.53. The van der Waals surface area contributed by atoms with Gasteiger partial charge in [-0.3, -0.25) is 4.79 Å². The largest absolute Gasteiger partial charge is 0.497 e. The molecule has 0 unspecified atom stereocenters. The smallest absolute Gasteiger partial charge is 0.223 e. The minimum atomic E-state index is 0.0724. The molecule has 0 bridgehead atoms. The van der Waals surface area contributed by atoms with Crippen LogP contribution in [0.4, 0.5) is 5.95 Å². The minimum Gasteiger partial charge on any atom is -0.497 e. The Hall–Kier alpha value is -3.02. The van der Waals surface area contributed by atoms with E-state index < -0.39 is 0 Å². The fourth-order valence-electron chi connectivity index (χ4n) is 3.92. The molecule has 6 heteroatoms. The number of piperidine rings is 1.